The van der Waals surface area contributed by atoms with E-state index >= 15 is 0 Å². The number of carbonyl (C=O) groups excluding carboxylic acids is 2. The van der Waals surface area contributed by atoms with E-state index < -0.39 is 17.5 Å². The molecule has 0 atom stereocenters. The van der Waals surface area contributed by atoms with Gasteiger partial charge in [0, 0.05) is 25.2 Å². The Hall–Kier alpha value is -3.42. The van der Waals surface area contributed by atoms with Crippen LogP contribution in [-0.2, 0) is 16.1 Å². The Morgan fingerprint density at radius 3 is 2.46 bits per heavy atom. The van der Waals surface area contributed by atoms with Crippen molar-refractivity contribution in [2.24, 2.45) is 0 Å². The van der Waals surface area contributed by atoms with Gasteiger partial charge in [0.05, 0.1) is 16.2 Å². The number of hydrogen-bond donors (Lipinski definition) is 1. The fourth-order valence-electron chi connectivity index (χ4n) is 2.33. The number of esters is 1. The second-order valence-electron chi connectivity index (χ2n) is 5.50. The van der Waals surface area contributed by atoms with E-state index in [9.17, 15) is 19.7 Å². The zero-order valence-electron chi connectivity index (χ0n) is 14.3. The summed E-state index contributed by atoms with van der Waals surface area (Å²) in [7, 11) is 0. The molecule has 8 nitrogen and oxygen atoms in total. The summed E-state index contributed by atoms with van der Waals surface area (Å²) in [6.45, 7) is 2.27. The second-order valence-corrected chi connectivity index (χ2v) is 5.50. The molecule has 0 aliphatic carbocycles. The van der Waals surface area contributed by atoms with Crippen LogP contribution in [0.3, 0.4) is 0 Å². The molecule has 136 valence electrons. The summed E-state index contributed by atoms with van der Waals surface area (Å²) in [6.07, 6.45) is 0. The van der Waals surface area contributed by atoms with Gasteiger partial charge in [-0.05, 0) is 18.6 Å². The predicted octanol–water partition coefficient (Wildman–Crippen LogP) is 2.38. The molecular formula is C18H19N3O5. The number of nitrogen functional groups attached to an aromatic ring is 1. The average Bonchev–Trinajstić information content (AvgIpc) is 2.64. The second kappa shape index (κ2) is 8.61. The van der Waals surface area contributed by atoms with Crippen LogP contribution in [0, 0.1) is 10.1 Å². The van der Waals surface area contributed by atoms with Gasteiger partial charge in [-0.2, -0.15) is 0 Å². The molecule has 0 saturated heterocycles. The first-order chi connectivity index (χ1) is 12.4. The van der Waals surface area contributed by atoms with Crippen molar-refractivity contribution in [2.75, 3.05) is 18.9 Å². The van der Waals surface area contributed by atoms with Crippen LogP contribution in [0.4, 0.5) is 11.4 Å². The van der Waals surface area contributed by atoms with E-state index in [1.54, 1.807) is 4.90 Å². The maximum absolute atomic E-state index is 12.3. The number of nitrogens with two attached hydrogens (primary N) is 1. The molecule has 2 aromatic carbocycles. The van der Waals surface area contributed by atoms with Crippen molar-refractivity contribution in [3.05, 3.63) is 69.8 Å². The van der Waals surface area contributed by atoms with E-state index in [-0.39, 0.29) is 22.8 Å². The highest BCUT2D eigenvalue weighted by molar-refractivity contribution is 5.96. The number of hydrogen-bond acceptors (Lipinski definition) is 6. The first-order valence-electron chi connectivity index (χ1n) is 7.95. The van der Waals surface area contributed by atoms with Crippen molar-refractivity contribution >= 4 is 23.3 Å². The fraction of sp³-hybridized carbons (Fsp3) is 0.222. The number of benzene rings is 2. The summed E-state index contributed by atoms with van der Waals surface area (Å²) in [5, 5.41) is 10.7. The Balaban J connectivity index is 1.97. The van der Waals surface area contributed by atoms with E-state index in [1.807, 2.05) is 37.3 Å². The molecule has 0 saturated carbocycles. The van der Waals surface area contributed by atoms with Crippen LogP contribution in [0.2, 0.25) is 0 Å². The van der Waals surface area contributed by atoms with E-state index in [4.69, 9.17) is 10.5 Å². The molecule has 0 aromatic heterocycles. The van der Waals surface area contributed by atoms with E-state index in [0.717, 1.165) is 17.7 Å². The molecular weight excluding hydrogens is 338 g/mol. The summed E-state index contributed by atoms with van der Waals surface area (Å²) in [6, 6.07) is 12.9. The number of rotatable bonds is 7. The lowest BCUT2D eigenvalue weighted by atomic mass is 10.1. The van der Waals surface area contributed by atoms with Crippen LogP contribution >= 0.6 is 0 Å². The number of nitro groups is 1. The predicted molar refractivity (Wildman–Crippen MR) is 95.3 cm³/mol. The summed E-state index contributed by atoms with van der Waals surface area (Å²) in [5.41, 5.74) is 6.30. The summed E-state index contributed by atoms with van der Waals surface area (Å²) >= 11 is 0. The molecule has 1 amide bonds. The average molecular weight is 357 g/mol. The summed E-state index contributed by atoms with van der Waals surface area (Å²) in [4.78, 5) is 36.0. The molecule has 0 heterocycles. The number of carbonyl (C=O) groups is 2. The first kappa shape index (κ1) is 18.9. The third-order valence-corrected chi connectivity index (χ3v) is 3.74. The summed E-state index contributed by atoms with van der Waals surface area (Å²) < 4.78 is 5.01. The Bertz CT molecular complexity index is 808. The molecule has 0 aliphatic rings. The standard InChI is InChI=1S/C18H19N3O5/c1-2-20(11-13-6-4-3-5-7-13)17(22)12-26-18(23)15-9-8-14(21(24)25)10-16(15)19/h3-10H,2,11-12,19H2,1H3. The molecule has 0 bridgehead atoms. The van der Waals surface area contributed by atoms with Gasteiger partial charge < -0.3 is 15.4 Å². The first-order valence-corrected chi connectivity index (χ1v) is 7.95. The number of nitro benzene ring substituents is 1. The number of likely N-dealkylation sites (N-methyl/N-ethyl adjacent to an activating group) is 1. The van der Waals surface area contributed by atoms with E-state index in [0.29, 0.717) is 13.1 Å². The number of nitrogens with zero attached hydrogens (tertiary/aromatic N) is 2. The Morgan fingerprint density at radius 2 is 1.88 bits per heavy atom. The quantitative estimate of drug-likeness (QED) is 0.352. The van der Waals surface area contributed by atoms with Crippen molar-refractivity contribution in [3.63, 3.8) is 0 Å². The topological polar surface area (TPSA) is 116 Å². The monoisotopic (exact) mass is 357 g/mol. The van der Waals surface area contributed by atoms with Crippen LogP contribution in [-0.4, -0.2) is 34.9 Å². The van der Waals surface area contributed by atoms with Gasteiger partial charge in [-0.1, -0.05) is 30.3 Å². The lowest BCUT2D eigenvalue weighted by molar-refractivity contribution is -0.384. The molecule has 0 unspecified atom stereocenters. The van der Waals surface area contributed by atoms with Crippen molar-refractivity contribution in [3.8, 4) is 0 Å². The van der Waals surface area contributed by atoms with Crippen molar-refractivity contribution in [2.45, 2.75) is 13.5 Å². The normalized spacial score (nSPS) is 10.2. The van der Waals surface area contributed by atoms with Crippen LogP contribution in [0.25, 0.3) is 0 Å². The molecule has 2 aromatic rings. The lowest BCUT2D eigenvalue weighted by Gasteiger charge is -2.21. The Labute approximate surface area is 150 Å². The zero-order valence-corrected chi connectivity index (χ0v) is 14.3. The molecule has 8 heteroatoms. The van der Waals surface area contributed by atoms with Gasteiger partial charge in [0.2, 0.25) is 0 Å². The Morgan fingerprint density at radius 1 is 1.19 bits per heavy atom. The highest BCUT2D eigenvalue weighted by atomic mass is 16.6. The third-order valence-electron chi connectivity index (χ3n) is 3.74. The zero-order chi connectivity index (χ0) is 19.1. The number of anilines is 1. The maximum Gasteiger partial charge on any atom is 0.340 e. The molecule has 0 fully saturated rings. The molecule has 0 spiro atoms. The van der Waals surface area contributed by atoms with Gasteiger partial charge in [-0.3, -0.25) is 14.9 Å². The fourth-order valence-corrected chi connectivity index (χ4v) is 2.33. The van der Waals surface area contributed by atoms with Gasteiger partial charge in [0.25, 0.3) is 11.6 Å². The van der Waals surface area contributed by atoms with Gasteiger partial charge in [-0.15, -0.1) is 0 Å². The van der Waals surface area contributed by atoms with Gasteiger partial charge in [0.1, 0.15) is 0 Å². The minimum absolute atomic E-state index is 0.0190. The van der Waals surface area contributed by atoms with Crippen molar-refractivity contribution in [1.82, 2.24) is 4.90 Å². The van der Waals surface area contributed by atoms with Crippen LogP contribution < -0.4 is 5.73 Å². The molecule has 0 radical (unpaired) electrons. The number of non-ortho nitro benzene ring substituents is 1. The SMILES string of the molecule is CCN(Cc1ccccc1)C(=O)COC(=O)c1ccc([N+](=O)[O-])cc1N. The lowest BCUT2D eigenvalue weighted by Crippen LogP contribution is -2.34. The maximum atomic E-state index is 12.3. The summed E-state index contributed by atoms with van der Waals surface area (Å²) in [5.74, 6) is -1.15. The number of ether oxygens (including phenoxy) is 1. The van der Waals surface area contributed by atoms with Gasteiger partial charge >= 0.3 is 5.97 Å². The van der Waals surface area contributed by atoms with Gasteiger partial charge in [0.15, 0.2) is 6.61 Å². The van der Waals surface area contributed by atoms with Crippen molar-refractivity contribution < 1.29 is 19.2 Å². The smallest absolute Gasteiger partial charge is 0.340 e. The van der Waals surface area contributed by atoms with Gasteiger partial charge in [-0.25, -0.2) is 4.79 Å². The molecule has 2 N–H and O–H groups in total. The van der Waals surface area contributed by atoms with E-state index in [1.165, 1.54) is 6.07 Å². The van der Waals surface area contributed by atoms with Crippen molar-refractivity contribution in [1.29, 1.82) is 0 Å². The minimum atomic E-state index is -0.804. The minimum Gasteiger partial charge on any atom is -0.452 e. The molecule has 2 rings (SSSR count). The third kappa shape index (κ3) is 4.79. The Kier molecular flexibility index (Phi) is 6.26. The molecule has 0 aliphatic heterocycles. The highest BCUT2D eigenvalue weighted by Gasteiger charge is 2.18. The van der Waals surface area contributed by atoms with E-state index in [2.05, 4.69) is 0 Å². The molecule has 26 heavy (non-hydrogen) atoms. The van der Waals surface area contributed by atoms with Crippen LogP contribution in [0.15, 0.2) is 48.5 Å². The van der Waals surface area contributed by atoms with Crippen LogP contribution in [0.5, 0.6) is 0 Å². The highest BCUT2D eigenvalue weighted by Crippen LogP contribution is 2.20. The van der Waals surface area contributed by atoms with Crippen LogP contribution in [0.1, 0.15) is 22.8 Å². The number of amides is 1. The largest absolute Gasteiger partial charge is 0.452 e.